The second-order valence-corrected chi connectivity index (χ2v) is 6.01. The minimum atomic E-state index is -3.39. The van der Waals surface area contributed by atoms with Crippen molar-refractivity contribution in [2.45, 2.75) is 13.8 Å². The smallest absolute Gasteiger partial charge is 0.239 e. The molecule has 0 heterocycles. The average Bonchev–Trinajstić information content (AvgIpc) is 2.37. The number of ketones is 1. The fourth-order valence-electron chi connectivity index (χ4n) is 1.30. The van der Waals surface area contributed by atoms with Crippen LogP contribution in [-0.4, -0.2) is 32.4 Å². The van der Waals surface area contributed by atoms with Crippen molar-refractivity contribution in [2.75, 3.05) is 17.6 Å². The summed E-state index contributed by atoms with van der Waals surface area (Å²) < 4.78 is 24.5. The Labute approximate surface area is 112 Å². The van der Waals surface area contributed by atoms with Crippen LogP contribution in [-0.2, 0) is 14.8 Å². The molecule has 0 bridgehead atoms. The Balaban J connectivity index is 2.62. The molecule has 1 rings (SSSR count). The third-order valence-corrected chi connectivity index (χ3v) is 3.73. The molecule has 0 atom stereocenters. The van der Waals surface area contributed by atoms with E-state index in [2.05, 4.69) is 10.0 Å². The standard InChI is InChI=1S/C12H16N2O4S/c1-3-19(17,18)13-8-12(16)14-11-6-4-5-10(7-11)9(2)15/h4-7,13H,3,8H2,1-2H3,(H,14,16). The van der Waals surface area contributed by atoms with E-state index < -0.39 is 15.9 Å². The SMILES string of the molecule is CCS(=O)(=O)NCC(=O)Nc1cccc(C(C)=O)c1. The van der Waals surface area contributed by atoms with Crippen molar-refractivity contribution in [3.8, 4) is 0 Å². The summed E-state index contributed by atoms with van der Waals surface area (Å²) in [6, 6.07) is 6.44. The summed E-state index contributed by atoms with van der Waals surface area (Å²) in [5.74, 6) is -0.680. The quantitative estimate of drug-likeness (QED) is 0.755. The molecule has 19 heavy (non-hydrogen) atoms. The molecule has 6 nitrogen and oxygen atoms in total. The second-order valence-electron chi connectivity index (χ2n) is 3.91. The van der Waals surface area contributed by atoms with E-state index in [0.717, 1.165) is 0 Å². The molecular formula is C12H16N2O4S. The second kappa shape index (κ2) is 6.44. The molecule has 0 aromatic heterocycles. The van der Waals surface area contributed by atoms with Gasteiger partial charge < -0.3 is 5.32 Å². The predicted octanol–water partition coefficient (Wildman–Crippen LogP) is 0.767. The van der Waals surface area contributed by atoms with Crippen molar-refractivity contribution < 1.29 is 18.0 Å². The van der Waals surface area contributed by atoms with Crippen molar-refractivity contribution in [3.05, 3.63) is 29.8 Å². The van der Waals surface area contributed by atoms with Gasteiger partial charge >= 0.3 is 0 Å². The zero-order valence-electron chi connectivity index (χ0n) is 10.8. The number of anilines is 1. The van der Waals surface area contributed by atoms with Gasteiger partial charge in [0.15, 0.2) is 5.78 Å². The van der Waals surface area contributed by atoms with E-state index in [-0.39, 0.29) is 18.1 Å². The lowest BCUT2D eigenvalue weighted by Crippen LogP contribution is -2.33. The molecule has 1 aromatic carbocycles. The number of sulfonamides is 1. The highest BCUT2D eigenvalue weighted by atomic mass is 32.2. The van der Waals surface area contributed by atoms with Gasteiger partial charge in [-0.25, -0.2) is 13.1 Å². The Morgan fingerprint density at radius 1 is 1.26 bits per heavy atom. The number of rotatable bonds is 6. The average molecular weight is 284 g/mol. The first-order chi connectivity index (χ1) is 8.84. The van der Waals surface area contributed by atoms with Gasteiger partial charge in [-0.1, -0.05) is 12.1 Å². The number of hydrogen-bond acceptors (Lipinski definition) is 4. The van der Waals surface area contributed by atoms with E-state index in [1.165, 1.54) is 19.9 Å². The topological polar surface area (TPSA) is 92.3 Å². The van der Waals surface area contributed by atoms with Gasteiger partial charge in [0, 0.05) is 11.3 Å². The summed E-state index contributed by atoms with van der Waals surface area (Å²) in [5, 5.41) is 2.52. The summed E-state index contributed by atoms with van der Waals surface area (Å²) in [5.41, 5.74) is 0.931. The predicted molar refractivity (Wildman–Crippen MR) is 72.5 cm³/mol. The van der Waals surface area contributed by atoms with E-state index >= 15 is 0 Å². The lowest BCUT2D eigenvalue weighted by Gasteiger charge is -2.07. The van der Waals surface area contributed by atoms with Crippen LogP contribution in [0.25, 0.3) is 0 Å². The van der Waals surface area contributed by atoms with Crippen LogP contribution in [0.15, 0.2) is 24.3 Å². The zero-order valence-corrected chi connectivity index (χ0v) is 11.6. The molecule has 1 amide bonds. The van der Waals surface area contributed by atoms with Crippen LogP contribution in [0.3, 0.4) is 0 Å². The van der Waals surface area contributed by atoms with Gasteiger partial charge in [0.2, 0.25) is 15.9 Å². The van der Waals surface area contributed by atoms with Gasteiger partial charge in [0.25, 0.3) is 0 Å². The number of amides is 1. The number of hydrogen-bond donors (Lipinski definition) is 2. The van der Waals surface area contributed by atoms with Crippen LogP contribution < -0.4 is 10.0 Å². The van der Waals surface area contributed by atoms with E-state index in [1.807, 2.05) is 0 Å². The van der Waals surface area contributed by atoms with Gasteiger partial charge in [-0.2, -0.15) is 0 Å². The summed E-state index contributed by atoms with van der Waals surface area (Å²) in [6.45, 7) is 2.58. The Morgan fingerprint density at radius 3 is 2.53 bits per heavy atom. The molecule has 2 N–H and O–H groups in total. The van der Waals surface area contributed by atoms with Crippen LogP contribution in [0.1, 0.15) is 24.2 Å². The summed E-state index contributed by atoms with van der Waals surface area (Å²) in [6.07, 6.45) is 0. The minimum absolute atomic E-state index is 0.0832. The molecule has 0 saturated heterocycles. The van der Waals surface area contributed by atoms with Crippen molar-refractivity contribution in [2.24, 2.45) is 0 Å². The Morgan fingerprint density at radius 2 is 1.95 bits per heavy atom. The summed E-state index contributed by atoms with van der Waals surface area (Å²) in [4.78, 5) is 22.7. The first kappa shape index (κ1) is 15.3. The molecule has 0 aliphatic heterocycles. The van der Waals surface area contributed by atoms with E-state index in [1.54, 1.807) is 18.2 Å². The van der Waals surface area contributed by atoms with Crippen molar-refractivity contribution in [1.29, 1.82) is 0 Å². The molecule has 7 heteroatoms. The Kier molecular flexibility index (Phi) is 5.20. The molecule has 104 valence electrons. The lowest BCUT2D eigenvalue weighted by molar-refractivity contribution is -0.115. The Hall–Kier alpha value is -1.73. The van der Waals surface area contributed by atoms with E-state index in [0.29, 0.717) is 11.3 Å². The van der Waals surface area contributed by atoms with Gasteiger partial charge in [0.05, 0.1) is 12.3 Å². The third-order valence-electron chi connectivity index (χ3n) is 2.39. The van der Waals surface area contributed by atoms with Crippen molar-refractivity contribution in [1.82, 2.24) is 4.72 Å². The highest BCUT2D eigenvalue weighted by Gasteiger charge is 2.10. The van der Waals surface area contributed by atoms with Crippen molar-refractivity contribution in [3.63, 3.8) is 0 Å². The molecule has 0 aliphatic rings. The third kappa shape index (κ3) is 5.19. The van der Waals surface area contributed by atoms with Gasteiger partial charge in [-0.15, -0.1) is 0 Å². The first-order valence-electron chi connectivity index (χ1n) is 5.72. The zero-order chi connectivity index (χ0) is 14.5. The molecule has 0 spiro atoms. The fourth-order valence-corrected chi connectivity index (χ4v) is 1.85. The monoisotopic (exact) mass is 284 g/mol. The van der Waals surface area contributed by atoms with Crippen LogP contribution in [0.5, 0.6) is 0 Å². The highest BCUT2D eigenvalue weighted by molar-refractivity contribution is 7.89. The normalized spacial score (nSPS) is 11.1. The molecular weight excluding hydrogens is 268 g/mol. The fraction of sp³-hybridized carbons (Fsp3) is 0.333. The number of carbonyl (C=O) groups is 2. The van der Waals surface area contributed by atoms with Crippen LogP contribution in [0, 0.1) is 0 Å². The van der Waals surface area contributed by atoms with Crippen molar-refractivity contribution >= 4 is 27.4 Å². The van der Waals surface area contributed by atoms with Crippen LogP contribution in [0.2, 0.25) is 0 Å². The Bertz CT molecular complexity index is 581. The number of Topliss-reactive ketones (excluding diaryl/α,β-unsaturated/α-hetero) is 1. The number of carbonyl (C=O) groups excluding carboxylic acids is 2. The molecule has 0 saturated carbocycles. The molecule has 0 aliphatic carbocycles. The maximum Gasteiger partial charge on any atom is 0.239 e. The maximum absolute atomic E-state index is 11.5. The van der Waals surface area contributed by atoms with E-state index in [4.69, 9.17) is 0 Å². The largest absolute Gasteiger partial charge is 0.325 e. The first-order valence-corrected chi connectivity index (χ1v) is 7.37. The van der Waals surface area contributed by atoms with Gasteiger partial charge in [-0.3, -0.25) is 9.59 Å². The minimum Gasteiger partial charge on any atom is -0.325 e. The molecule has 0 unspecified atom stereocenters. The van der Waals surface area contributed by atoms with Crippen LogP contribution >= 0.6 is 0 Å². The lowest BCUT2D eigenvalue weighted by atomic mass is 10.1. The summed E-state index contributed by atoms with van der Waals surface area (Å²) >= 11 is 0. The number of nitrogens with one attached hydrogen (secondary N) is 2. The van der Waals surface area contributed by atoms with Gasteiger partial charge in [-0.05, 0) is 26.0 Å². The summed E-state index contributed by atoms with van der Waals surface area (Å²) in [7, 11) is -3.39. The highest BCUT2D eigenvalue weighted by Crippen LogP contribution is 2.10. The molecule has 1 aromatic rings. The maximum atomic E-state index is 11.5. The molecule has 0 radical (unpaired) electrons. The number of benzene rings is 1. The van der Waals surface area contributed by atoms with Crippen LogP contribution in [0.4, 0.5) is 5.69 Å². The molecule has 0 fully saturated rings. The van der Waals surface area contributed by atoms with Gasteiger partial charge in [0.1, 0.15) is 0 Å². The van der Waals surface area contributed by atoms with E-state index in [9.17, 15) is 18.0 Å².